The maximum Gasteiger partial charge on any atom is 0.0606 e. The van der Waals surface area contributed by atoms with E-state index in [1.807, 2.05) is 0 Å². The van der Waals surface area contributed by atoms with E-state index >= 15 is 0 Å². The fourth-order valence-corrected chi connectivity index (χ4v) is 3.32. The molecule has 0 N–H and O–H groups in total. The first kappa shape index (κ1) is 10.0. The SMILES string of the molecule is BrCC1C=CC=CC1(Br)CBr. The Hall–Kier alpha value is 0.920. The molecule has 0 saturated heterocycles. The highest BCUT2D eigenvalue weighted by Gasteiger charge is 2.31. The highest BCUT2D eigenvalue weighted by Crippen LogP contribution is 2.35. The van der Waals surface area contributed by atoms with Gasteiger partial charge in [0.1, 0.15) is 0 Å². The van der Waals surface area contributed by atoms with Gasteiger partial charge in [-0.2, -0.15) is 0 Å². The lowest BCUT2D eigenvalue weighted by molar-refractivity contribution is 0.636. The largest absolute Gasteiger partial charge is 0.0921 e. The van der Waals surface area contributed by atoms with Gasteiger partial charge in [0.05, 0.1) is 4.32 Å². The smallest absolute Gasteiger partial charge is 0.0606 e. The Labute approximate surface area is 92.5 Å². The van der Waals surface area contributed by atoms with Gasteiger partial charge in [0, 0.05) is 16.6 Å². The first-order valence-electron chi connectivity index (χ1n) is 3.40. The van der Waals surface area contributed by atoms with E-state index in [1.165, 1.54) is 0 Å². The van der Waals surface area contributed by atoms with Gasteiger partial charge in [-0.25, -0.2) is 0 Å². The molecule has 0 radical (unpaired) electrons. The van der Waals surface area contributed by atoms with Crippen LogP contribution in [-0.2, 0) is 0 Å². The van der Waals surface area contributed by atoms with E-state index in [0.717, 1.165) is 10.7 Å². The van der Waals surface area contributed by atoms with Crippen molar-refractivity contribution in [3.05, 3.63) is 24.3 Å². The number of hydrogen-bond acceptors (Lipinski definition) is 0. The summed E-state index contributed by atoms with van der Waals surface area (Å²) in [6.45, 7) is 0. The molecule has 0 nitrogen and oxygen atoms in total. The van der Waals surface area contributed by atoms with Crippen LogP contribution in [-0.4, -0.2) is 15.0 Å². The average molecular weight is 345 g/mol. The summed E-state index contributed by atoms with van der Waals surface area (Å²) in [6, 6.07) is 0. The Morgan fingerprint density at radius 2 is 2.00 bits per heavy atom. The van der Waals surface area contributed by atoms with E-state index in [9.17, 15) is 0 Å². The van der Waals surface area contributed by atoms with Crippen LogP contribution < -0.4 is 0 Å². The predicted octanol–water partition coefficient (Wildman–Crippen LogP) is 3.65. The molecule has 0 aromatic rings. The molecule has 0 spiro atoms. The maximum absolute atomic E-state index is 3.71. The number of halogens is 3. The Kier molecular flexibility index (Phi) is 3.86. The van der Waals surface area contributed by atoms with Crippen molar-refractivity contribution in [2.24, 2.45) is 5.92 Å². The van der Waals surface area contributed by atoms with Crippen molar-refractivity contribution in [1.82, 2.24) is 0 Å². The minimum absolute atomic E-state index is 0.102. The zero-order valence-electron chi connectivity index (χ0n) is 5.93. The molecule has 0 fully saturated rings. The fraction of sp³-hybridized carbons (Fsp3) is 0.500. The van der Waals surface area contributed by atoms with Crippen molar-refractivity contribution in [1.29, 1.82) is 0 Å². The summed E-state index contributed by atoms with van der Waals surface area (Å²) in [7, 11) is 0. The van der Waals surface area contributed by atoms with Gasteiger partial charge in [-0.05, 0) is 0 Å². The lowest BCUT2D eigenvalue weighted by atomic mass is 9.92. The summed E-state index contributed by atoms with van der Waals surface area (Å²) in [4.78, 5) is 0. The van der Waals surface area contributed by atoms with Gasteiger partial charge < -0.3 is 0 Å². The Bertz CT molecular complexity index is 186. The normalized spacial score (nSPS) is 36.1. The third-order valence-electron chi connectivity index (χ3n) is 1.82. The van der Waals surface area contributed by atoms with Crippen LogP contribution in [0.2, 0.25) is 0 Å². The van der Waals surface area contributed by atoms with Gasteiger partial charge in [-0.15, -0.1) is 0 Å². The third kappa shape index (κ3) is 2.19. The van der Waals surface area contributed by atoms with Crippen LogP contribution in [0.4, 0.5) is 0 Å². The maximum atomic E-state index is 3.71. The number of rotatable bonds is 2. The molecule has 3 heteroatoms. The van der Waals surface area contributed by atoms with E-state index < -0.39 is 0 Å². The molecule has 0 saturated carbocycles. The van der Waals surface area contributed by atoms with Gasteiger partial charge >= 0.3 is 0 Å². The molecule has 2 unspecified atom stereocenters. The molecule has 1 aliphatic rings. The number of allylic oxidation sites excluding steroid dienone is 4. The molecule has 1 rings (SSSR count). The summed E-state index contributed by atoms with van der Waals surface area (Å²) in [5, 5.41) is 1.93. The third-order valence-corrected chi connectivity index (χ3v) is 5.33. The average Bonchev–Trinajstić information content (AvgIpc) is 2.05. The van der Waals surface area contributed by atoms with E-state index in [1.54, 1.807) is 0 Å². The second kappa shape index (κ2) is 4.24. The van der Waals surface area contributed by atoms with Crippen LogP contribution in [0, 0.1) is 5.92 Å². The molecule has 0 aromatic heterocycles. The van der Waals surface area contributed by atoms with Crippen molar-refractivity contribution in [3.63, 3.8) is 0 Å². The van der Waals surface area contributed by atoms with E-state index in [4.69, 9.17) is 0 Å². The minimum Gasteiger partial charge on any atom is -0.0921 e. The molecule has 0 heterocycles. The van der Waals surface area contributed by atoms with Gasteiger partial charge in [0.2, 0.25) is 0 Å². The standard InChI is InChI=1S/C8H9Br3/c9-5-7-3-1-2-4-8(7,11)6-10/h1-4,7H,5-6H2. The van der Waals surface area contributed by atoms with Crippen LogP contribution >= 0.6 is 47.8 Å². The fourth-order valence-electron chi connectivity index (χ4n) is 1.02. The van der Waals surface area contributed by atoms with Crippen LogP contribution in [0.25, 0.3) is 0 Å². The topological polar surface area (TPSA) is 0 Å². The van der Waals surface area contributed by atoms with Gasteiger partial charge in [0.15, 0.2) is 0 Å². The van der Waals surface area contributed by atoms with Crippen molar-refractivity contribution in [2.75, 3.05) is 10.7 Å². The Morgan fingerprint density at radius 1 is 1.27 bits per heavy atom. The van der Waals surface area contributed by atoms with Crippen LogP contribution in [0.1, 0.15) is 0 Å². The van der Waals surface area contributed by atoms with Gasteiger partial charge in [-0.3, -0.25) is 0 Å². The van der Waals surface area contributed by atoms with E-state index in [2.05, 4.69) is 72.1 Å². The summed E-state index contributed by atoms with van der Waals surface area (Å²) in [5.74, 6) is 0.534. The monoisotopic (exact) mass is 342 g/mol. The lowest BCUT2D eigenvalue weighted by Gasteiger charge is -2.30. The van der Waals surface area contributed by atoms with Crippen molar-refractivity contribution in [2.45, 2.75) is 4.32 Å². The highest BCUT2D eigenvalue weighted by molar-refractivity contribution is 9.12. The van der Waals surface area contributed by atoms with Crippen molar-refractivity contribution >= 4 is 47.8 Å². The molecule has 0 aliphatic heterocycles. The predicted molar refractivity (Wildman–Crippen MR) is 61.0 cm³/mol. The van der Waals surface area contributed by atoms with Gasteiger partial charge in [0.25, 0.3) is 0 Å². The van der Waals surface area contributed by atoms with Crippen LogP contribution in [0.3, 0.4) is 0 Å². The summed E-state index contributed by atoms with van der Waals surface area (Å²) < 4.78 is 0.102. The van der Waals surface area contributed by atoms with Crippen LogP contribution in [0.15, 0.2) is 24.3 Å². The molecule has 62 valence electrons. The minimum atomic E-state index is 0.102. The summed E-state index contributed by atoms with van der Waals surface area (Å²) in [5.41, 5.74) is 0. The lowest BCUT2D eigenvalue weighted by Crippen LogP contribution is -2.32. The molecule has 0 amide bonds. The molecule has 0 bridgehead atoms. The quantitative estimate of drug-likeness (QED) is 0.671. The number of alkyl halides is 3. The molecule has 11 heavy (non-hydrogen) atoms. The van der Waals surface area contributed by atoms with E-state index in [-0.39, 0.29) is 4.32 Å². The van der Waals surface area contributed by atoms with E-state index in [0.29, 0.717) is 5.92 Å². The molecular weight excluding hydrogens is 336 g/mol. The first-order chi connectivity index (χ1) is 5.23. The summed E-state index contributed by atoms with van der Waals surface area (Å²) >= 11 is 10.7. The number of hydrogen-bond donors (Lipinski definition) is 0. The Balaban J connectivity index is 2.77. The Morgan fingerprint density at radius 3 is 2.45 bits per heavy atom. The molecule has 0 aromatic carbocycles. The molecule has 1 aliphatic carbocycles. The zero-order valence-corrected chi connectivity index (χ0v) is 10.7. The molecular formula is C8H9Br3. The molecule has 2 atom stereocenters. The zero-order chi connectivity index (χ0) is 8.32. The highest BCUT2D eigenvalue weighted by atomic mass is 79.9. The van der Waals surface area contributed by atoms with Crippen LogP contribution in [0.5, 0.6) is 0 Å². The van der Waals surface area contributed by atoms with Crippen molar-refractivity contribution in [3.8, 4) is 0 Å². The first-order valence-corrected chi connectivity index (χ1v) is 6.43. The second-order valence-corrected chi connectivity index (χ2v) is 5.25. The second-order valence-electron chi connectivity index (χ2n) is 2.57. The van der Waals surface area contributed by atoms with Gasteiger partial charge in [-0.1, -0.05) is 72.1 Å². The van der Waals surface area contributed by atoms with Crippen molar-refractivity contribution < 1.29 is 0 Å². The summed E-state index contributed by atoms with van der Waals surface area (Å²) in [6.07, 6.45) is 8.57.